The normalized spacial score (nSPS) is 17.1. The van der Waals surface area contributed by atoms with Gasteiger partial charge in [-0.25, -0.2) is 0 Å². The van der Waals surface area contributed by atoms with Crippen LogP contribution in [0.5, 0.6) is 0 Å². The average molecular weight is 296 g/mol. The third-order valence-electron chi connectivity index (χ3n) is 3.48. The lowest BCUT2D eigenvalue weighted by Gasteiger charge is -2.18. The first-order valence-corrected chi connectivity index (χ1v) is 7.57. The molecule has 1 fully saturated rings. The van der Waals surface area contributed by atoms with Gasteiger partial charge in [0.15, 0.2) is 0 Å². The number of nitrogens with one attached hydrogen (secondary N) is 1. The highest BCUT2D eigenvalue weighted by Crippen LogP contribution is 2.25. The van der Waals surface area contributed by atoms with Gasteiger partial charge in [-0.1, -0.05) is 47.8 Å². The molecule has 1 atom stereocenters. The number of hydrogen-bond acceptors (Lipinski definition) is 1. The van der Waals surface area contributed by atoms with Crippen molar-refractivity contribution in [1.29, 1.82) is 0 Å². The van der Waals surface area contributed by atoms with Gasteiger partial charge in [0.05, 0.1) is 0 Å². The van der Waals surface area contributed by atoms with Crippen molar-refractivity contribution in [2.45, 2.75) is 51.0 Å². The molecule has 1 aromatic carbocycles. The van der Waals surface area contributed by atoms with Crippen LogP contribution in [0.3, 0.4) is 0 Å². The van der Waals surface area contributed by atoms with Gasteiger partial charge in [-0.3, -0.25) is 0 Å². The Morgan fingerprint density at radius 2 is 2.00 bits per heavy atom. The Bertz CT molecular complexity index is 329. The van der Waals surface area contributed by atoms with E-state index in [-0.39, 0.29) is 0 Å². The van der Waals surface area contributed by atoms with Gasteiger partial charge in [0.25, 0.3) is 0 Å². The van der Waals surface area contributed by atoms with Crippen molar-refractivity contribution in [3.8, 4) is 0 Å². The highest BCUT2D eigenvalue weighted by molar-refractivity contribution is 9.10. The fourth-order valence-corrected chi connectivity index (χ4v) is 2.43. The molecule has 94 valence electrons. The van der Waals surface area contributed by atoms with Crippen molar-refractivity contribution in [3.63, 3.8) is 0 Å². The second-order valence-electron chi connectivity index (χ2n) is 5.07. The first-order valence-electron chi connectivity index (χ1n) is 6.78. The minimum Gasteiger partial charge on any atom is -0.313 e. The minimum atomic E-state index is 0.684. The molecule has 1 aromatic rings. The van der Waals surface area contributed by atoms with Crippen LogP contribution in [0.4, 0.5) is 0 Å². The van der Waals surface area contributed by atoms with Gasteiger partial charge in [0.1, 0.15) is 0 Å². The maximum atomic E-state index is 3.67. The van der Waals surface area contributed by atoms with Crippen LogP contribution >= 0.6 is 15.9 Å². The summed E-state index contributed by atoms with van der Waals surface area (Å²) in [7, 11) is 0. The molecule has 0 heterocycles. The topological polar surface area (TPSA) is 12.0 Å². The zero-order valence-electron chi connectivity index (χ0n) is 10.6. The monoisotopic (exact) mass is 295 g/mol. The second kappa shape index (κ2) is 6.55. The van der Waals surface area contributed by atoms with E-state index in [1.807, 2.05) is 0 Å². The molecule has 0 aromatic heterocycles. The average Bonchev–Trinajstić information content (AvgIpc) is 3.15. The predicted molar refractivity (Wildman–Crippen MR) is 77.4 cm³/mol. The number of benzene rings is 1. The Kier molecular flexibility index (Phi) is 5.05. The van der Waals surface area contributed by atoms with Crippen LogP contribution in [-0.2, 0) is 0 Å². The Hall–Kier alpha value is -0.340. The van der Waals surface area contributed by atoms with Crippen LogP contribution < -0.4 is 5.32 Å². The molecule has 0 spiro atoms. The van der Waals surface area contributed by atoms with Crippen molar-refractivity contribution < 1.29 is 0 Å². The van der Waals surface area contributed by atoms with E-state index >= 15 is 0 Å². The first kappa shape index (κ1) is 13.1. The van der Waals surface area contributed by atoms with Crippen LogP contribution in [0.25, 0.3) is 0 Å². The van der Waals surface area contributed by atoms with Gasteiger partial charge in [-0.2, -0.15) is 0 Å². The van der Waals surface area contributed by atoms with Crippen molar-refractivity contribution in [2.75, 3.05) is 6.54 Å². The number of halogens is 1. The van der Waals surface area contributed by atoms with E-state index in [1.165, 1.54) is 42.1 Å². The molecule has 0 bridgehead atoms. The van der Waals surface area contributed by atoms with E-state index in [1.54, 1.807) is 0 Å². The molecule has 1 aliphatic carbocycles. The van der Waals surface area contributed by atoms with Crippen LogP contribution in [-0.4, -0.2) is 12.6 Å². The molecule has 1 N–H and O–H groups in total. The van der Waals surface area contributed by atoms with E-state index in [0.29, 0.717) is 5.92 Å². The van der Waals surface area contributed by atoms with E-state index in [2.05, 4.69) is 52.4 Å². The lowest BCUT2D eigenvalue weighted by molar-refractivity contribution is 0.527. The highest BCUT2D eigenvalue weighted by atomic mass is 79.9. The highest BCUT2D eigenvalue weighted by Gasteiger charge is 2.22. The fraction of sp³-hybridized carbons (Fsp3) is 0.600. The van der Waals surface area contributed by atoms with Crippen LogP contribution in [0, 0.1) is 0 Å². The SMILES string of the molecule is CCCCC(CNC1CC1)c1ccc(Br)cc1. The Labute approximate surface area is 113 Å². The van der Waals surface area contributed by atoms with Gasteiger partial charge >= 0.3 is 0 Å². The van der Waals surface area contributed by atoms with Gasteiger partial charge in [0, 0.05) is 17.1 Å². The zero-order chi connectivity index (χ0) is 12.1. The van der Waals surface area contributed by atoms with Gasteiger partial charge in [-0.05, 0) is 42.9 Å². The minimum absolute atomic E-state index is 0.684. The van der Waals surface area contributed by atoms with Crippen LogP contribution in [0.15, 0.2) is 28.7 Å². The molecule has 0 aliphatic heterocycles. The molecule has 0 amide bonds. The second-order valence-corrected chi connectivity index (χ2v) is 5.99. The van der Waals surface area contributed by atoms with Crippen LogP contribution in [0.2, 0.25) is 0 Å². The zero-order valence-corrected chi connectivity index (χ0v) is 12.2. The summed E-state index contributed by atoms with van der Waals surface area (Å²) in [5.41, 5.74) is 1.48. The summed E-state index contributed by atoms with van der Waals surface area (Å²) in [6.07, 6.45) is 6.67. The smallest absolute Gasteiger partial charge is 0.0175 e. The fourth-order valence-electron chi connectivity index (χ4n) is 2.17. The Morgan fingerprint density at radius 1 is 1.29 bits per heavy atom. The van der Waals surface area contributed by atoms with Crippen molar-refractivity contribution in [3.05, 3.63) is 34.3 Å². The van der Waals surface area contributed by atoms with Gasteiger partial charge in [-0.15, -0.1) is 0 Å². The maximum absolute atomic E-state index is 3.67. The number of rotatable bonds is 7. The molecule has 17 heavy (non-hydrogen) atoms. The molecule has 2 heteroatoms. The largest absolute Gasteiger partial charge is 0.313 e. The number of unbranched alkanes of at least 4 members (excludes halogenated alkanes) is 1. The molecule has 1 unspecified atom stereocenters. The Morgan fingerprint density at radius 3 is 2.59 bits per heavy atom. The van der Waals surface area contributed by atoms with Crippen molar-refractivity contribution in [1.82, 2.24) is 5.32 Å². The summed E-state index contributed by atoms with van der Waals surface area (Å²) in [5.74, 6) is 0.684. The third kappa shape index (κ3) is 4.44. The van der Waals surface area contributed by atoms with E-state index in [9.17, 15) is 0 Å². The lowest BCUT2D eigenvalue weighted by atomic mass is 9.93. The molecule has 0 saturated heterocycles. The van der Waals surface area contributed by atoms with Gasteiger partial charge in [0.2, 0.25) is 0 Å². The summed E-state index contributed by atoms with van der Waals surface area (Å²) in [6.45, 7) is 3.42. The first-order chi connectivity index (χ1) is 8.29. The number of hydrogen-bond donors (Lipinski definition) is 1. The summed E-state index contributed by atoms with van der Waals surface area (Å²) >= 11 is 3.50. The van der Waals surface area contributed by atoms with Crippen LogP contribution in [0.1, 0.15) is 50.5 Å². The molecular formula is C15H22BrN. The standard InChI is InChI=1S/C15H22BrN/c1-2-3-4-13(11-17-15-9-10-15)12-5-7-14(16)8-6-12/h5-8,13,15,17H,2-4,9-11H2,1H3. The quantitative estimate of drug-likeness (QED) is 0.782. The molecule has 1 nitrogen and oxygen atoms in total. The summed E-state index contributed by atoms with van der Waals surface area (Å²) < 4.78 is 1.17. The van der Waals surface area contributed by atoms with E-state index < -0.39 is 0 Å². The van der Waals surface area contributed by atoms with Crippen molar-refractivity contribution in [2.24, 2.45) is 0 Å². The molecular weight excluding hydrogens is 274 g/mol. The Balaban J connectivity index is 1.93. The lowest BCUT2D eigenvalue weighted by Crippen LogP contribution is -2.23. The third-order valence-corrected chi connectivity index (χ3v) is 4.01. The molecule has 2 rings (SSSR count). The molecule has 1 aliphatic rings. The van der Waals surface area contributed by atoms with E-state index in [4.69, 9.17) is 0 Å². The summed E-state index contributed by atoms with van der Waals surface area (Å²) in [4.78, 5) is 0. The molecule has 0 radical (unpaired) electrons. The summed E-state index contributed by atoms with van der Waals surface area (Å²) in [6, 6.07) is 9.66. The van der Waals surface area contributed by atoms with E-state index in [0.717, 1.165) is 12.6 Å². The molecule has 1 saturated carbocycles. The van der Waals surface area contributed by atoms with Crippen molar-refractivity contribution >= 4 is 15.9 Å². The predicted octanol–water partition coefficient (Wildman–Crippen LogP) is 4.47. The van der Waals surface area contributed by atoms with Gasteiger partial charge < -0.3 is 5.32 Å². The maximum Gasteiger partial charge on any atom is 0.0175 e. The summed E-state index contributed by atoms with van der Waals surface area (Å²) in [5, 5.41) is 3.67.